The Bertz CT molecular complexity index is 414. The summed E-state index contributed by atoms with van der Waals surface area (Å²) < 4.78 is 36.3. The van der Waals surface area contributed by atoms with Crippen molar-refractivity contribution in [2.75, 3.05) is 6.54 Å². The second-order valence-corrected chi connectivity index (χ2v) is 5.16. The first-order valence-corrected chi connectivity index (χ1v) is 5.68. The molecule has 0 saturated carbocycles. The Balaban J connectivity index is 2.87. The van der Waals surface area contributed by atoms with Gasteiger partial charge in [0.05, 0.1) is 6.54 Å². The van der Waals surface area contributed by atoms with Crippen molar-refractivity contribution in [3.05, 3.63) is 21.4 Å². The number of halogens is 3. The molecule has 0 aliphatic heterocycles. The average molecular weight is 266 g/mol. The van der Waals surface area contributed by atoms with E-state index < -0.39 is 24.7 Å². The summed E-state index contributed by atoms with van der Waals surface area (Å²) in [6.45, 7) is 2.33. The van der Waals surface area contributed by atoms with E-state index in [1.54, 1.807) is 13.0 Å². The van der Waals surface area contributed by atoms with Gasteiger partial charge < -0.3 is 5.73 Å². The fourth-order valence-corrected chi connectivity index (χ4v) is 2.48. The first-order chi connectivity index (χ1) is 7.70. The standard InChI is InChI=1S/C10H13F3N2OS/c1-5-3-7(6(2)17-5)8(9(14)16)15-4-10(11,12)13/h3,8,15H,4H2,1-2H3,(H2,14,16). The number of primary amides is 1. The number of rotatable bonds is 4. The highest BCUT2D eigenvalue weighted by atomic mass is 32.1. The highest BCUT2D eigenvalue weighted by molar-refractivity contribution is 7.12. The molecular weight excluding hydrogens is 253 g/mol. The van der Waals surface area contributed by atoms with Gasteiger partial charge in [-0.2, -0.15) is 13.2 Å². The van der Waals surface area contributed by atoms with Crippen molar-refractivity contribution >= 4 is 17.2 Å². The Hall–Kier alpha value is -1.08. The van der Waals surface area contributed by atoms with Crippen LogP contribution in [0.15, 0.2) is 6.07 Å². The summed E-state index contributed by atoms with van der Waals surface area (Å²) in [4.78, 5) is 12.9. The molecule has 0 radical (unpaired) electrons. The van der Waals surface area contributed by atoms with Gasteiger partial charge in [0.1, 0.15) is 6.04 Å². The number of alkyl halides is 3. The lowest BCUT2D eigenvalue weighted by atomic mass is 10.1. The van der Waals surface area contributed by atoms with E-state index in [0.717, 1.165) is 9.75 Å². The molecule has 1 atom stereocenters. The van der Waals surface area contributed by atoms with Gasteiger partial charge in [0.2, 0.25) is 5.91 Å². The topological polar surface area (TPSA) is 55.1 Å². The lowest BCUT2D eigenvalue weighted by molar-refractivity contribution is -0.130. The van der Waals surface area contributed by atoms with Gasteiger partial charge in [-0.05, 0) is 25.5 Å². The number of carbonyl (C=O) groups excluding carboxylic acids is 1. The minimum absolute atomic E-state index is 0.518. The predicted molar refractivity (Wildman–Crippen MR) is 59.8 cm³/mol. The second kappa shape index (κ2) is 5.05. The van der Waals surface area contributed by atoms with Crippen molar-refractivity contribution in [3.8, 4) is 0 Å². The Kier molecular flexibility index (Phi) is 4.16. The zero-order valence-electron chi connectivity index (χ0n) is 9.39. The van der Waals surface area contributed by atoms with Crippen LogP contribution in [0.4, 0.5) is 13.2 Å². The SMILES string of the molecule is Cc1cc(C(NCC(F)(F)F)C(N)=O)c(C)s1. The van der Waals surface area contributed by atoms with Gasteiger partial charge in [-0.3, -0.25) is 10.1 Å². The van der Waals surface area contributed by atoms with Crippen LogP contribution in [0.3, 0.4) is 0 Å². The van der Waals surface area contributed by atoms with E-state index in [4.69, 9.17) is 5.73 Å². The maximum absolute atomic E-state index is 12.1. The monoisotopic (exact) mass is 266 g/mol. The first-order valence-electron chi connectivity index (χ1n) is 4.87. The van der Waals surface area contributed by atoms with Crippen LogP contribution in [0.1, 0.15) is 21.4 Å². The van der Waals surface area contributed by atoms with Gasteiger partial charge in [0, 0.05) is 9.75 Å². The summed E-state index contributed by atoms with van der Waals surface area (Å²) in [7, 11) is 0. The molecule has 1 amide bonds. The number of hydrogen-bond acceptors (Lipinski definition) is 3. The fraction of sp³-hybridized carbons (Fsp3) is 0.500. The number of amides is 1. The average Bonchev–Trinajstić information content (AvgIpc) is 2.43. The zero-order chi connectivity index (χ0) is 13.2. The first kappa shape index (κ1) is 14.0. The maximum Gasteiger partial charge on any atom is 0.401 e. The molecule has 3 nitrogen and oxygen atoms in total. The number of carbonyl (C=O) groups is 1. The molecule has 0 aliphatic rings. The van der Waals surface area contributed by atoms with E-state index in [-0.39, 0.29) is 0 Å². The van der Waals surface area contributed by atoms with E-state index in [2.05, 4.69) is 5.32 Å². The lowest BCUT2D eigenvalue weighted by Crippen LogP contribution is -2.39. The Morgan fingerprint density at radius 1 is 1.53 bits per heavy atom. The molecule has 96 valence electrons. The molecule has 1 heterocycles. The Morgan fingerprint density at radius 3 is 2.47 bits per heavy atom. The van der Waals surface area contributed by atoms with E-state index in [1.807, 2.05) is 6.92 Å². The molecule has 3 N–H and O–H groups in total. The molecule has 0 aliphatic carbocycles. The molecule has 17 heavy (non-hydrogen) atoms. The van der Waals surface area contributed by atoms with Crippen LogP contribution < -0.4 is 11.1 Å². The number of nitrogens with two attached hydrogens (primary N) is 1. The minimum atomic E-state index is -4.37. The molecule has 0 saturated heterocycles. The Morgan fingerprint density at radius 2 is 2.12 bits per heavy atom. The summed E-state index contributed by atoms with van der Waals surface area (Å²) in [5.41, 5.74) is 5.63. The highest BCUT2D eigenvalue weighted by Crippen LogP contribution is 2.27. The van der Waals surface area contributed by atoms with Gasteiger partial charge in [-0.25, -0.2) is 0 Å². The molecule has 1 unspecified atom stereocenters. The number of nitrogens with one attached hydrogen (secondary N) is 1. The summed E-state index contributed by atoms with van der Waals surface area (Å²) in [5.74, 6) is -0.810. The third-order valence-electron chi connectivity index (χ3n) is 2.18. The van der Waals surface area contributed by atoms with Crippen LogP contribution in [-0.4, -0.2) is 18.6 Å². The third kappa shape index (κ3) is 4.01. The summed E-state index contributed by atoms with van der Waals surface area (Å²) in [5, 5.41) is 2.14. The van der Waals surface area contributed by atoms with Crippen molar-refractivity contribution in [2.45, 2.75) is 26.1 Å². The lowest BCUT2D eigenvalue weighted by Gasteiger charge is -2.16. The molecule has 0 spiro atoms. The van der Waals surface area contributed by atoms with Gasteiger partial charge >= 0.3 is 6.18 Å². The summed E-state index contributed by atoms with van der Waals surface area (Å²) in [6.07, 6.45) is -4.37. The van der Waals surface area contributed by atoms with E-state index in [9.17, 15) is 18.0 Å². The van der Waals surface area contributed by atoms with E-state index in [1.165, 1.54) is 11.3 Å². The molecule has 7 heteroatoms. The van der Waals surface area contributed by atoms with Gasteiger partial charge in [-0.1, -0.05) is 0 Å². The molecular formula is C10H13F3N2OS. The second-order valence-electron chi connectivity index (χ2n) is 3.70. The van der Waals surface area contributed by atoms with Crippen LogP contribution in [-0.2, 0) is 4.79 Å². The predicted octanol–water partition coefficient (Wildman–Crippen LogP) is 2.04. The van der Waals surface area contributed by atoms with Crippen molar-refractivity contribution in [2.24, 2.45) is 5.73 Å². The van der Waals surface area contributed by atoms with Crippen molar-refractivity contribution in [3.63, 3.8) is 0 Å². The smallest absolute Gasteiger partial charge is 0.368 e. The number of aryl methyl sites for hydroxylation is 2. The van der Waals surface area contributed by atoms with Crippen LogP contribution in [0.5, 0.6) is 0 Å². The Labute approximate surface area is 101 Å². The normalized spacial score (nSPS) is 13.7. The maximum atomic E-state index is 12.1. The molecule has 1 aromatic heterocycles. The van der Waals surface area contributed by atoms with Crippen molar-refractivity contribution < 1.29 is 18.0 Å². The quantitative estimate of drug-likeness (QED) is 0.876. The number of hydrogen-bond donors (Lipinski definition) is 2. The van der Waals surface area contributed by atoms with Gasteiger partial charge in [0.25, 0.3) is 0 Å². The minimum Gasteiger partial charge on any atom is -0.368 e. The third-order valence-corrected chi connectivity index (χ3v) is 3.16. The van der Waals surface area contributed by atoms with Crippen molar-refractivity contribution in [1.82, 2.24) is 5.32 Å². The summed E-state index contributed by atoms with van der Waals surface area (Å²) in [6, 6.07) is 0.584. The highest BCUT2D eigenvalue weighted by Gasteiger charge is 2.30. The number of thiophene rings is 1. The van der Waals surface area contributed by atoms with Crippen LogP contribution in [0, 0.1) is 13.8 Å². The zero-order valence-corrected chi connectivity index (χ0v) is 10.2. The van der Waals surface area contributed by atoms with Gasteiger partial charge in [-0.15, -0.1) is 11.3 Å². The largest absolute Gasteiger partial charge is 0.401 e. The molecule has 0 bridgehead atoms. The van der Waals surface area contributed by atoms with Gasteiger partial charge in [0.15, 0.2) is 0 Å². The van der Waals surface area contributed by atoms with E-state index >= 15 is 0 Å². The van der Waals surface area contributed by atoms with Crippen LogP contribution in [0.25, 0.3) is 0 Å². The molecule has 1 rings (SSSR count). The summed E-state index contributed by atoms with van der Waals surface area (Å²) >= 11 is 1.42. The van der Waals surface area contributed by atoms with Crippen LogP contribution in [0.2, 0.25) is 0 Å². The molecule has 0 fully saturated rings. The molecule has 0 aromatic carbocycles. The van der Waals surface area contributed by atoms with Crippen molar-refractivity contribution in [1.29, 1.82) is 0 Å². The molecule has 1 aromatic rings. The fourth-order valence-electron chi connectivity index (χ4n) is 1.52. The van der Waals surface area contributed by atoms with Crippen LogP contribution >= 0.6 is 11.3 Å². The van der Waals surface area contributed by atoms with E-state index in [0.29, 0.717) is 5.56 Å².